The van der Waals surface area contributed by atoms with E-state index in [4.69, 9.17) is 17.3 Å². The number of rotatable bonds is 5. The van der Waals surface area contributed by atoms with Gasteiger partial charge in [-0.25, -0.2) is 0 Å². The molecule has 0 saturated carbocycles. The number of benzene rings is 1. The van der Waals surface area contributed by atoms with E-state index in [0.29, 0.717) is 24.4 Å². The van der Waals surface area contributed by atoms with Crippen molar-refractivity contribution >= 4 is 23.2 Å². The van der Waals surface area contributed by atoms with E-state index < -0.39 is 0 Å². The number of carbonyl (C=O) groups is 1. The fraction of sp³-hybridized carbons (Fsp3) is 0.250. The van der Waals surface area contributed by atoms with Gasteiger partial charge in [0.2, 0.25) is 5.91 Å². The van der Waals surface area contributed by atoms with Gasteiger partial charge >= 0.3 is 0 Å². The maximum atomic E-state index is 11.4. The Kier molecular flexibility index (Phi) is 4.86. The van der Waals surface area contributed by atoms with Crippen molar-refractivity contribution < 1.29 is 4.79 Å². The molecule has 1 aromatic carbocycles. The Morgan fingerprint density at radius 1 is 1.38 bits per heavy atom. The van der Waals surface area contributed by atoms with Crippen LogP contribution in [0.1, 0.15) is 12.0 Å². The molecular formula is C12H15ClN2O. The van der Waals surface area contributed by atoms with Crippen molar-refractivity contribution in [2.75, 3.05) is 12.3 Å². The lowest BCUT2D eigenvalue weighted by atomic mass is 10.1. The van der Waals surface area contributed by atoms with Crippen LogP contribution in [0.5, 0.6) is 0 Å². The molecule has 0 bridgehead atoms. The molecule has 0 aliphatic rings. The number of nitrogen functional groups attached to an aromatic ring is 1. The van der Waals surface area contributed by atoms with Crippen molar-refractivity contribution in [3.8, 4) is 0 Å². The number of anilines is 1. The Morgan fingerprint density at radius 2 is 2.00 bits per heavy atom. The molecule has 0 heterocycles. The van der Waals surface area contributed by atoms with Gasteiger partial charge in [-0.05, 0) is 24.1 Å². The molecule has 0 fully saturated rings. The molecule has 0 aliphatic carbocycles. The molecule has 0 radical (unpaired) electrons. The van der Waals surface area contributed by atoms with Gasteiger partial charge in [-0.3, -0.25) is 4.79 Å². The SMILES string of the molecule is C=C(Cl)CNC(=O)CCc1ccc(N)cc1. The van der Waals surface area contributed by atoms with Crippen molar-refractivity contribution in [2.45, 2.75) is 12.8 Å². The number of aryl methyl sites for hydroxylation is 1. The van der Waals surface area contributed by atoms with Crippen molar-refractivity contribution in [3.63, 3.8) is 0 Å². The van der Waals surface area contributed by atoms with Gasteiger partial charge in [0.25, 0.3) is 0 Å². The summed E-state index contributed by atoms with van der Waals surface area (Å²) in [6.45, 7) is 3.81. The summed E-state index contributed by atoms with van der Waals surface area (Å²) in [5, 5.41) is 3.10. The Hall–Kier alpha value is -1.48. The zero-order valence-electron chi connectivity index (χ0n) is 9.00. The highest BCUT2D eigenvalue weighted by atomic mass is 35.5. The maximum Gasteiger partial charge on any atom is 0.220 e. The average molecular weight is 239 g/mol. The van der Waals surface area contributed by atoms with Crippen LogP contribution in [0.25, 0.3) is 0 Å². The summed E-state index contributed by atoms with van der Waals surface area (Å²) < 4.78 is 0. The van der Waals surface area contributed by atoms with Gasteiger partial charge in [0.15, 0.2) is 0 Å². The number of carbonyl (C=O) groups excluding carboxylic acids is 1. The average Bonchev–Trinajstić information content (AvgIpc) is 2.25. The summed E-state index contributed by atoms with van der Waals surface area (Å²) in [6, 6.07) is 7.49. The largest absolute Gasteiger partial charge is 0.399 e. The van der Waals surface area contributed by atoms with Crippen LogP contribution in [0.4, 0.5) is 5.69 Å². The quantitative estimate of drug-likeness (QED) is 0.772. The van der Waals surface area contributed by atoms with Gasteiger partial charge in [0.1, 0.15) is 0 Å². The summed E-state index contributed by atoms with van der Waals surface area (Å²) >= 11 is 5.53. The monoisotopic (exact) mass is 238 g/mol. The first kappa shape index (κ1) is 12.6. The summed E-state index contributed by atoms with van der Waals surface area (Å²) in [7, 11) is 0. The molecule has 1 amide bonds. The molecule has 1 aromatic rings. The minimum absolute atomic E-state index is 0.0291. The van der Waals surface area contributed by atoms with Gasteiger partial charge < -0.3 is 11.1 Å². The summed E-state index contributed by atoms with van der Waals surface area (Å²) in [5.41, 5.74) is 7.38. The second-order valence-electron chi connectivity index (χ2n) is 3.54. The predicted molar refractivity (Wildman–Crippen MR) is 67.2 cm³/mol. The Balaban J connectivity index is 2.31. The number of nitrogens with two attached hydrogens (primary N) is 1. The molecule has 3 nitrogen and oxygen atoms in total. The minimum Gasteiger partial charge on any atom is -0.399 e. The third-order valence-corrected chi connectivity index (χ3v) is 2.23. The zero-order chi connectivity index (χ0) is 12.0. The van der Waals surface area contributed by atoms with E-state index in [9.17, 15) is 4.79 Å². The fourth-order valence-corrected chi connectivity index (χ4v) is 1.29. The topological polar surface area (TPSA) is 55.1 Å². The molecule has 86 valence electrons. The van der Waals surface area contributed by atoms with E-state index in [1.165, 1.54) is 0 Å². The number of nitrogens with one attached hydrogen (secondary N) is 1. The Morgan fingerprint density at radius 3 is 2.56 bits per heavy atom. The zero-order valence-corrected chi connectivity index (χ0v) is 9.76. The van der Waals surface area contributed by atoms with Crippen LogP contribution in [0.3, 0.4) is 0 Å². The van der Waals surface area contributed by atoms with Gasteiger partial charge in [0.05, 0.1) is 6.54 Å². The van der Waals surface area contributed by atoms with Crippen LogP contribution in [-0.2, 0) is 11.2 Å². The van der Waals surface area contributed by atoms with Crippen LogP contribution < -0.4 is 11.1 Å². The van der Waals surface area contributed by atoms with Crippen LogP contribution in [0.2, 0.25) is 0 Å². The molecule has 1 rings (SSSR count). The van der Waals surface area contributed by atoms with Crippen molar-refractivity contribution in [1.29, 1.82) is 0 Å². The first-order valence-electron chi connectivity index (χ1n) is 5.02. The summed E-state index contributed by atoms with van der Waals surface area (Å²) in [6.07, 6.45) is 1.13. The molecule has 0 unspecified atom stereocenters. The van der Waals surface area contributed by atoms with E-state index in [1.807, 2.05) is 24.3 Å². The molecule has 0 spiro atoms. The number of halogens is 1. The van der Waals surface area contributed by atoms with Crippen LogP contribution in [0.15, 0.2) is 35.9 Å². The van der Waals surface area contributed by atoms with Gasteiger partial charge in [-0.15, -0.1) is 0 Å². The van der Waals surface area contributed by atoms with E-state index in [2.05, 4.69) is 11.9 Å². The second kappa shape index (κ2) is 6.18. The number of amides is 1. The van der Waals surface area contributed by atoms with E-state index >= 15 is 0 Å². The van der Waals surface area contributed by atoms with E-state index in [-0.39, 0.29) is 5.91 Å². The highest BCUT2D eigenvalue weighted by Crippen LogP contribution is 2.07. The highest BCUT2D eigenvalue weighted by molar-refractivity contribution is 6.29. The third-order valence-electron chi connectivity index (χ3n) is 2.10. The highest BCUT2D eigenvalue weighted by Gasteiger charge is 2.01. The van der Waals surface area contributed by atoms with Crippen molar-refractivity contribution in [3.05, 3.63) is 41.4 Å². The van der Waals surface area contributed by atoms with Crippen molar-refractivity contribution in [2.24, 2.45) is 0 Å². The van der Waals surface area contributed by atoms with Crippen molar-refractivity contribution in [1.82, 2.24) is 5.32 Å². The van der Waals surface area contributed by atoms with Crippen LogP contribution >= 0.6 is 11.6 Å². The molecule has 0 aliphatic heterocycles. The lowest BCUT2D eigenvalue weighted by Gasteiger charge is -2.04. The molecule has 0 saturated heterocycles. The summed E-state index contributed by atoms with van der Waals surface area (Å²) in [5.74, 6) is -0.0291. The molecule has 0 atom stereocenters. The lowest BCUT2D eigenvalue weighted by Crippen LogP contribution is -2.24. The van der Waals surface area contributed by atoms with Gasteiger partial charge in [0, 0.05) is 17.1 Å². The normalized spacial score (nSPS) is 9.81. The standard InChI is InChI=1S/C12H15ClN2O/c1-9(13)8-15-12(16)7-4-10-2-5-11(14)6-3-10/h2-3,5-6H,1,4,7-8,14H2,(H,15,16). The first-order chi connectivity index (χ1) is 7.58. The van der Waals surface area contributed by atoms with Gasteiger partial charge in [-0.2, -0.15) is 0 Å². The first-order valence-corrected chi connectivity index (χ1v) is 5.40. The molecule has 16 heavy (non-hydrogen) atoms. The Labute approximate surface area is 100 Å². The summed E-state index contributed by atoms with van der Waals surface area (Å²) in [4.78, 5) is 11.4. The van der Waals surface area contributed by atoms with E-state index in [1.54, 1.807) is 0 Å². The van der Waals surface area contributed by atoms with E-state index in [0.717, 1.165) is 11.3 Å². The molecule has 4 heteroatoms. The minimum atomic E-state index is -0.0291. The number of hydrogen-bond acceptors (Lipinski definition) is 2. The third kappa shape index (κ3) is 4.84. The predicted octanol–water partition coefficient (Wildman–Crippen LogP) is 2.07. The Bertz CT molecular complexity index is 373. The smallest absolute Gasteiger partial charge is 0.220 e. The molecule has 0 aromatic heterocycles. The van der Waals surface area contributed by atoms with Crippen LogP contribution in [0, 0.1) is 0 Å². The number of hydrogen-bond donors (Lipinski definition) is 2. The fourth-order valence-electron chi connectivity index (χ4n) is 1.23. The van der Waals surface area contributed by atoms with Gasteiger partial charge in [-0.1, -0.05) is 30.3 Å². The lowest BCUT2D eigenvalue weighted by molar-refractivity contribution is -0.120. The molecular weight excluding hydrogens is 224 g/mol. The molecule has 3 N–H and O–H groups in total. The van der Waals surface area contributed by atoms with Crippen LogP contribution in [-0.4, -0.2) is 12.5 Å². The maximum absolute atomic E-state index is 11.4. The second-order valence-corrected chi connectivity index (χ2v) is 4.07.